The van der Waals surface area contributed by atoms with Gasteiger partial charge in [-0.25, -0.2) is 4.98 Å². The molecule has 0 aromatic carbocycles. The molecule has 1 aromatic rings. The molecule has 1 fully saturated rings. The Morgan fingerprint density at radius 2 is 2.12 bits per heavy atom. The van der Waals surface area contributed by atoms with E-state index < -0.39 is 0 Å². The molecule has 3 heteroatoms. The van der Waals surface area contributed by atoms with E-state index in [2.05, 4.69) is 24.1 Å². The molecule has 3 atom stereocenters. The number of nitrogens with one attached hydrogen (secondary N) is 1. The first kappa shape index (κ1) is 11.9. The van der Waals surface area contributed by atoms with Crippen molar-refractivity contribution in [3.63, 3.8) is 0 Å². The van der Waals surface area contributed by atoms with Crippen molar-refractivity contribution in [3.05, 3.63) is 24.0 Å². The number of pyridine rings is 1. The zero-order chi connectivity index (χ0) is 12.3. The molecule has 1 N–H and O–H groups in total. The van der Waals surface area contributed by atoms with Crippen molar-refractivity contribution in [2.24, 2.45) is 11.8 Å². The van der Waals surface area contributed by atoms with Gasteiger partial charge in [0, 0.05) is 6.04 Å². The van der Waals surface area contributed by atoms with E-state index in [0.29, 0.717) is 11.7 Å². The minimum absolute atomic E-state index is 0.473. The number of nitriles is 1. The van der Waals surface area contributed by atoms with Gasteiger partial charge >= 0.3 is 0 Å². The van der Waals surface area contributed by atoms with Gasteiger partial charge in [-0.1, -0.05) is 13.8 Å². The van der Waals surface area contributed by atoms with E-state index in [9.17, 15) is 0 Å². The van der Waals surface area contributed by atoms with Gasteiger partial charge in [0.25, 0.3) is 0 Å². The molecule has 0 bridgehead atoms. The zero-order valence-corrected chi connectivity index (χ0v) is 10.5. The summed E-state index contributed by atoms with van der Waals surface area (Å²) in [7, 11) is 0. The molecule has 0 saturated heterocycles. The van der Waals surface area contributed by atoms with Gasteiger partial charge in [0.1, 0.15) is 11.8 Å². The number of anilines is 1. The molecule has 1 aromatic heterocycles. The molecule has 2 rings (SSSR count). The molecule has 0 radical (unpaired) electrons. The summed E-state index contributed by atoms with van der Waals surface area (Å²) in [4.78, 5) is 4.07. The molecule has 0 amide bonds. The maximum atomic E-state index is 8.68. The van der Waals surface area contributed by atoms with Crippen LogP contribution in [0.2, 0.25) is 0 Å². The third-order valence-electron chi connectivity index (χ3n) is 3.85. The van der Waals surface area contributed by atoms with Crippen LogP contribution in [0.15, 0.2) is 18.3 Å². The largest absolute Gasteiger partial charge is 0.381 e. The van der Waals surface area contributed by atoms with Crippen LogP contribution in [0.4, 0.5) is 5.69 Å². The fourth-order valence-electron chi connectivity index (χ4n) is 2.46. The van der Waals surface area contributed by atoms with Crippen molar-refractivity contribution in [2.75, 3.05) is 5.32 Å². The van der Waals surface area contributed by atoms with Crippen molar-refractivity contribution in [3.8, 4) is 6.07 Å². The Morgan fingerprint density at radius 3 is 2.71 bits per heavy atom. The fourth-order valence-corrected chi connectivity index (χ4v) is 2.46. The normalized spacial score (nSPS) is 28.4. The van der Waals surface area contributed by atoms with Gasteiger partial charge in [0.15, 0.2) is 0 Å². The highest BCUT2D eigenvalue weighted by atomic mass is 14.9. The minimum Gasteiger partial charge on any atom is -0.381 e. The molecule has 90 valence electrons. The fraction of sp³-hybridized carbons (Fsp3) is 0.571. The van der Waals surface area contributed by atoms with Crippen LogP contribution in [-0.4, -0.2) is 11.0 Å². The lowest BCUT2D eigenvalue weighted by Gasteiger charge is -2.33. The molecular formula is C14H19N3. The second kappa shape index (κ2) is 5.18. The molecule has 0 aliphatic heterocycles. The first-order valence-electron chi connectivity index (χ1n) is 6.31. The van der Waals surface area contributed by atoms with Gasteiger partial charge in [-0.05, 0) is 43.2 Å². The third-order valence-corrected chi connectivity index (χ3v) is 3.85. The summed E-state index contributed by atoms with van der Waals surface area (Å²) in [5, 5.41) is 12.2. The Kier molecular flexibility index (Phi) is 3.63. The number of aromatic nitrogens is 1. The smallest absolute Gasteiger partial charge is 0.140 e. The Hall–Kier alpha value is -1.56. The van der Waals surface area contributed by atoms with E-state index >= 15 is 0 Å². The second-order valence-corrected chi connectivity index (χ2v) is 5.15. The summed E-state index contributed by atoms with van der Waals surface area (Å²) in [5.41, 5.74) is 1.50. The standard InChI is InChI=1S/C14H19N3/c1-10-3-4-12(7-11(10)2)17-14-6-5-13(8-15)16-9-14/h5-6,9-12,17H,3-4,7H2,1-2H3. The molecular weight excluding hydrogens is 210 g/mol. The number of hydrogen-bond acceptors (Lipinski definition) is 3. The molecule has 0 spiro atoms. The summed E-state index contributed by atoms with van der Waals surface area (Å²) in [6.45, 7) is 4.67. The van der Waals surface area contributed by atoms with Crippen molar-refractivity contribution >= 4 is 5.69 Å². The van der Waals surface area contributed by atoms with Gasteiger partial charge in [-0.15, -0.1) is 0 Å². The second-order valence-electron chi connectivity index (χ2n) is 5.15. The van der Waals surface area contributed by atoms with E-state index in [4.69, 9.17) is 5.26 Å². The van der Waals surface area contributed by atoms with Crippen molar-refractivity contribution in [1.82, 2.24) is 4.98 Å². The summed E-state index contributed by atoms with van der Waals surface area (Å²) < 4.78 is 0. The lowest BCUT2D eigenvalue weighted by molar-refractivity contribution is 0.261. The molecule has 1 saturated carbocycles. The topological polar surface area (TPSA) is 48.7 Å². The highest BCUT2D eigenvalue weighted by Crippen LogP contribution is 2.30. The van der Waals surface area contributed by atoms with Crippen LogP contribution in [-0.2, 0) is 0 Å². The number of nitrogens with zero attached hydrogens (tertiary/aromatic N) is 2. The molecule has 3 unspecified atom stereocenters. The van der Waals surface area contributed by atoms with Crippen LogP contribution in [0, 0.1) is 23.2 Å². The number of rotatable bonds is 2. The highest BCUT2D eigenvalue weighted by molar-refractivity contribution is 5.43. The van der Waals surface area contributed by atoms with Crippen LogP contribution < -0.4 is 5.32 Å². The lowest BCUT2D eigenvalue weighted by Crippen LogP contribution is -2.30. The molecule has 3 nitrogen and oxygen atoms in total. The molecule has 1 aliphatic rings. The summed E-state index contributed by atoms with van der Waals surface area (Å²) in [6, 6.07) is 6.28. The predicted octanol–water partition coefficient (Wildman–Crippen LogP) is 3.19. The Balaban J connectivity index is 1.94. The summed E-state index contributed by atoms with van der Waals surface area (Å²) in [5.74, 6) is 1.62. The van der Waals surface area contributed by atoms with Gasteiger partial charge in [-0.2, -0.15) is 5.26 Å². The molecule has 17 heavy (non-hydrogen) atoms. The van der Waals surface area contributed by atoms with E-state index in [1.54, 1.807) is 12.3 Å². The van der Waals surface area contributed by atoms with Crippen LogP contribution in [0.5, 0.6) is 0 Å². The van der Waals surface area contributed by atoms with Crippen LogP contribution in [0.1, 0.15) is 38.8 Å². The first-order chi connectivity index (χ1) is 8.19. The molecule has 1 heterocycles. The van der Waals surface area contributed by atoms with Crippen molar-refractivity contribution in [1.29, 1.82) is 5.26 Å². The van der Waals surface area contributed by atoms with Crippen LogP contribution in [0.3, 0.4) is 0 Å². The zero-order valence-electron chi connectivity index (χ0n) is 10.5. The summed E-state index contributed by atoms with van der Waals surface area (Å²) >= 11 is 0. The van der Waals surface area contributed by atoms with Crippen molar-refractivity contribution in [2.45, 2.75) is 39.2 Å². The number of hydrogen-bond donors (Lipinski definition) is 1. The SMILES string of the molecule is CC1CCC(Nc2ccc(C#N)nc2)CC1C. The van der Waals surface area contributed by atoms with E-state index in [1.165, 1.54) is 19.3 Å². The predicted molar refractivity (Wildman–Crippen MR) is 68.5 cm³/mol. The van der Waals surface area contributed by atoms with Gasteiger partial charge in [0.05, 0.1) is 11.9 Å². The van der Waals surface area contributed by atoms with E-state index in [1.807, 2.05) is 12.1 Å². The lowest BCUT2D eigenvalue weighted by atomic mass is 9.79. The Bertz CT molecular complexity index is 404. The third kappa shape index (κ3) is 2.97. The maximum absolute atomic E-state index is 8.68. The average molecular weight is 229 g/mol. The van der Waals surface area contributed by atoms with Crippen molar-refractivity contribution < 1.29 is 0 Å². The molecule has 1 aliphatic carbocycles. The minimum atomic E-state index is 0.473. The monoisotopic (exact) mass is 229 g/mol. The first-order valence-corrected chi connectivity index (χ1v) is 6.31. The summed E-state index contributed by atoms with van der Waals surface area (Å²) in [6.07, 6.45) is 5.50. The van der Waals surface area contributed by atoms with Gasteiger partial charge in [0.2, 0.25) is 0 Å². The van der Waals surface area contributed by atoms with Gasteiger partial charge in [-0.3, -0.25) is 0 Å². The van der Waals surface area contributed by atoms with Gasteiger partial charge < -0.3 is 5.32 Å². The Labute approximate surface area is 103 Å². The average Bonchev–Trinajstić information content (AvgIpc) is 2.35. The van der Waals surface area contributed by atoms with E-state index in [-0.39, 0.29) is 0 Å². The van der Waals surface area contributed by atoms with Crippen LogP contribution in [0.25, 0.3) is 0 Å². The van der Waals surface area contributed by atoms with Crippen LogP contribution >= 0.6 is 0 Å². The quantitative estimate of drug-likeness (QED) is 0.847. The Morgan fingerprint density at radius 1 is 1.29 bits per heavy atom. The highest BCUT2D eigenvalue weighted by Gasteiger charge is 2.24. The maximum Gasteiger partial charge on any atom is 0.140 e. The van der Waals surface area contributed by atoms with E-state index in [0.717, 1.165) is 17.5 Å².